The fourth-order valence-electron chi connectivity index (χ4n) is 3.42. The maximum absolute atomic E-state index is 10.3. The van der Waals surface area contributed by atoms with Crippen LogP contribution < -0.4 is 0 Å². The number of nitrogens with zero attached hydrogens (tertiary/aromatic N) is 2. The lowest BCUT2D eigenvalue weighted by Crippen LogP contribution is -2.37. The van der Waals surface area contributed by atoms with E-state index in [9.17, 15) is 5.11 Å². The number of ether oxygens (including phenoxy) is 1. The van der Waals surface area contributed by atoms with E-state index in [0.717, 1.165) is 18.7 Å². The number of aromatic nitrogens is 2. The van der Waals surface area contributed by atoms with E-state index < -0.39 is 6.10 Å². The zero-order valence-electron chi connectivity index (χ0n) is 10.6. The third-order valence-corrected chi connectivity index (χ3v) is 4.31. The van der Waals surface area contributed by atoms with Gasteiger partial charge in [-0.15, -0.1) is 0 Å². The summed E-state index contributed by atoms with van der Waals surface area (Å²) in [6.45, 7) is 1.16. The van der Waals surface area contributed by atoms with Crippen molar-refractivity contribution in [2.24, 2.45) is 5.92 Å². The second-order valence-electron chi connectivity index (χ2n) is 5.31. The van der Waals surface area contributed by atoms with Gasteiger partial charge in [-0.3, -0.25) is 0 Å². The van der Waals surface area contributed by atoms with E-state index in [1.54, 1.807) is 0 Å². The van der Waals surface area contributed by atoms with Gasteiger partial charge in [-0.25, -0.2) is 4.98 Å². The number of rotatable bonds is 1. The van der Waals surface area contributed by atoms with E-state index in [4.69, 9.17) is 4.74 Å². The zero-order chi connectivity index (χ0) is 12.8. The molecular formula is C15H16N2O2. The molecular weight excluding hydrogens is 240 g/mol. The number of imidazole rings is 1. The van der Waals surface area contributed by atoms with Gasteiger partial charge in [0, 0.05) is 18.1 Å². The van der Waals surface area contributed by atoms with Crippen molar-refractivity contribution < 1.29 is 9.84 Å². The van der Waals surface area contributed by atoms with Crippen LogP contribution in [0.5, 0.6) is 0 Å². The number of benzene rings is 1. The van der Waals surface area contributed by atoms with Gasteiger partial charge in [-0.2, -0.15) is 0 Å². The Morgan fingerprint density at radius 2 is 2.21 bits per heavy atom. The molecule has 4 heteroatoms. The smallest absolute Gasteiger partial charge is 0.0956 e. The molecule has 2 aliphatic rings. The number of hydrogen-bond acceptors (Lipinski definition) is 3. The maximum Gasteiger partial charge on any atom is 0.0956 e. The topological polar surface area (TPSA) is 47.3 Å². The molecule has 0 saturated carbocycles. The molecule has 2 aromatic rings. The number of fused-ring (bicyclic) bond motifs is 3. The van der Waals surface area contributed by atoms with Crippen molar-refractivity contribution in [3.8, 4) is 11.3 Å². The third-order valence-electron chi connectivity index (χ3n) is 4.31. The molecule has 1 saturated heterocycles. The standard InChI is InChI=1S/C15H16N2O2/c18-14-8-19-6-5-12(14)15-11-4-2-1-3-10(11)13-7-16-9-17(13)15/h1-4,7,9,12,14-15,18H,5-6,8H2/t12-,14-,15-/m1/s1. The molecule has 2 aliphatic heterocycles. The first-order valence-corrected chi connectivity index (χ1v) is 6.73. The Bertz CT molecular complexity index is 608. The predicted molar refractivity (Wildman–Crippen MR) is 70.7 cm³/mol. The van der Waals surface area contributed by atoms with E-state index in [1.165, 1.54) is 11.1 Å². The quantitative estimate of drug-likeness (QED) is 0.847. The first-order valence-electron chi connectivity index (χ1n) is 6.73. The highest BCUT2D eigenvalue weighted by Crippen LogP contribution is 2.45. The van der Waals surface area contributed by atoms with E-state index in [2.05, 4.69) is 33.8 Å². The average molecular weight is 256 g/mol. The van der Waals surface area contributed by atoms with Crippen molar-refractivity contribution in [1.82, 2.24) is 9.55 Å². The van der Waals surface area contributed by atoms with Gasteiger partial charge in [-0.1, -0.05) is 24.3 Å². The van der Waals surface area contributed by atoms with Gasteiger partial charge in [0.2, 0.25) is 0 Å². The van der Waals surface area contributed by atoms with Crippen LogP contribution in [0, 0.1) is 5.92 Å². The van der Waals surface area contributed by atoms with Crippen LogP contribution in [0.4, 0.5) is 0 Å². The molecule has 1 fully saturated rings. The highest BCUT2D eigenvalue weighted by molar-refractivity contribution is 5.69. The fourth-order valence-corrected chi connectivity index (χ4v) is 3.42. The average Bonchev–Trinajstić information content (AvgIpc) is 3.00. The Balaban J connectivity index is 1.84. The van der Waals surface area contributed by atoms with Crippen molar-refractivity contribution in [2.45, 2.75) is 18.6 Å². The SMILES string of the molecule is O[C@@H]1COCC[C@H]1[C@H]1c2ccccc2-c2cncn21. The lowest BCUT2D eigenvalue weighted by atomic mass is 9.85. The minimum atomic E-state index is -0.403. The van der Waals surface area contributed by atoms with E-state index in [-0.39, 0.29) is 12.0 Å². The Hall–Kier alpha value is -1.65. The minimum absolute atomic E-state index is 0.188. The summed E-state index contributed by atoms with van der Waals surface area (Å²) in [7, 11) is 0. The Morgan fingerprint density at radius 1 is 1.32 bits per heavy atom. The minimum Gasteiger partial charge on any atom is -0.390 e. The lowest BCUT2D eigenvalue weighted by molar-refractivity contribution is -0.0540. The molecule has 1 aromatic carbocycles. The highest BCUT2D eigenvalue weighted by atomic mass is 16.5. The molecule has 0 aliphatic carbocycles. The van der Waals surface area contributed by atoms with Crippen molar-refractivity contribution in [1.29, 1.82) is 0 Å². The van der Waals surface area contributed by atoms with Gasteiger partial charge in [0.05, 0.1) is 37.0 Å². The van der Waals surface area contributed by atoms with Crippen LogP contribution in [0.1, 0.15) is 18.0 Å². The molecule has 0 unspecified atom stereocenters. The van der Waals surface area contributed by atoms with E-state index >= 15 is 0 Å². The molecule has 3 heterocycles. The summed E-state index contributed by atoms with van der Waals surface area (Å²) in [6, 6.07) is 8.60. The maximum atomic E-state index is 10.3. The second kappa shape index (κ2) is 4.18. The second-order valence-corrected chi connectivity index (χ2v) is 5.31. The van der Waals surface area contributed by atoms with Crippen molar-refractivity contribution in [2.75, 3.05) is 13.2 Å². The van der Waals surface area contributed by atoms with Gasteiger partial charge < -0.3 is 14.4 Å². The summed E-state index contributed by atoms with van der Waals surface area (Å²) in [5, 5.41) is 10.3. The zero-order valence-corrected chi connectivity index (χ0v) is 10.6. The summed E-state index contributed by atoms with van der Waals surface area (Å²) in [4.78, 5) is 4.26. The molecule has 4 rings (SSSR count). The Labute approximate surface area is 111 Å². The summed E-state index contributed by atoms with van der Waals surface area (Å²) in [6.07, 6.45) is 4.27. The normalized spacial score (nSPS) is 29.0. The molecule has 0 radical (unpaired) electrons. The van der Waals surface area contributed by atoms with Gasteiger partial charge in [0.1, 0.15) is 0 Å². The van der Waals surface area contributed by atoms with Crippen molar-refractivity contribution >= 4 is 0 Å². The van der Waals surface area contributed by atoms with Crippen LogP contribution in [0.2, 0.25) is 0 Å². The van der Waals surface area contributed by atoms with E-state index in [1.807, 2.05) is 12.5 Å². The molecule has 0 spiro atoms. The summed E-state index contributed by atoms with van der Waals surface area (Å²) < 4.78 is 7.55. The van der Waals surface area contributed by atoms with Crippen LogP contribution in [0.25, 0.3) is 11.3 Å². The Morgan fingerprint density at radius 3 is 3.11 bits per heavy atom. The molecule has 1 N–H and O–H groups in total. The van der Waals surface area contributed by atoms with Crippen molar-refractivity contribution in [3.05, 3.63) is 42.4 Å². The molecule has 4 nitrogen and oxygen atoms in total. The fraction of sp³-hybridized carbons (Fsp3) is 0.400. The van der Waals surface area contributed by atoms with E-state index in [0.29, 0.717) is 6.61 Å². The van der Waals surface area contributed by atoms with Gasteiger partial charge in [0.15, 0.2) is 0 Å². The first kappa shape index (κ1) is 11.2. The molecule has 0 amide bonds. The van der Waals surface area contributed by atoms with Crippen LogP contribution in [-0.2, 0) is 4.74 Å². The predicted octanol–water partition coefficient (Wildman–Crippen LogP) is 1.85. The lowest BCUT2D eigenvalue weighted by Gasteiger charge is -2.33. The van der Waals surface area contributed by atoms with Crippen LogP contribution in [0.15, 0.2) is 36.8 Å². The summed E-state index contributed by atoms with van der Waals surface area (Å²) in [5.41, 5.74) is 3.69. The molecule has 1 aromatic heterocycles. The highest BCUT2D eigenvalue weighted by Gasteiger charge is 2.38. The molecule has 19 heavy (non-hydrogen) atoms. The number of aliphatic hydroxyl groups is 1. The third kappa shape index (κ3) is 1.57. The van der Waals surface area contributed by atoms with Crippen LogP contribution in [-0.4, -0.2) is 34.0 Å². The van der Waals surface area contributed by atoms with Gasteiger partial charge >= 0.3 is 0 Å². The monoisotopic (exact) mass is 256 g/mol. The van der Waals surface area contributed by atoms with Crippen molar-refractivity contribution in [3.63, 3.8) is 0 Å². The number of aliphatic hydroxyl groups excluding tert-OH is 1. The number of hydrogen-bond donors (Lipinski definition) is 1. The largest absolute Gasteiger partial charge is 0.390 e. The van der Waals surface area contributed by atoms with Crippen LogP contribution in [0.3, 0.4) is 0 Å². The Kier molecular flexibility index (Phi) is 2.47. The van der Waals surface area contributed by atoms with Gasteiger partial charge in [-0.05, 0) is 12.0 Å². The summed E-state index contributed by atoms with van der Waals surface area (Å²) in [5.74, 6) is 0.199. The first-order chi connectivity index (χ1) is 9.36. The molecule has 98 valence electrons. The molecule has 3 atom stereocenters. The van der Waals surface area contributed by atoms with Crippen LogP contribution >= 0.6 is 0 Å². The molecule has 0 bridgehead atoms. The summed E-state index contributed by atoms with van der Waals surface area (Å²) >= 11 is 0. The van der Waals surface area contributed by atoms with Gasteiger partial charge in [0.25, 0.3) is 0 Å².